The van der Waals surface area contributed by atoms with Crippen molar-refractivity contribution in [3.8, 4) is 0 Å². The van der Waals surface area contributed by atoms with Gasteiger partial charge in [-0.2, -0.15) is 5.10 Å². The van der Waals surface area contributed by atoms with Crippen molar-refractivity contribution in [2.24, 2.45) is 0 Å². The van der Waals surface area contributed by atoms with Crippen LogP contribution in [0.3, 0.4) is 0 Å². The quantitative estimate of drug-likeness (QED) is 0.785. The van der Waals surface area contributed by atoms with Crippen LogP contribution in [-0.2, 0) is 6.54 Å². The number of rotatable bonds is 4. The van der Waals surface area contributed by atoms with Gasteiger partial charge in [0.15, 0.2) is 12.0 Å². The molecule has 1 aliphatic rings. The first-order valence-corrected chi connectivity index (χ1v) is 6.62. The molecule has 0 atom stereocenters. The maximum atomic E-state index is 12.0. The number of aldehydes is 1. The van der Waals surface area contributed by atoms with Crippen molar-refractivity contribution in [1.29, 1.82) is 0 Å². The minimum absolute atomic E-state index is 0.168. The third-order valence-electron chi connectivity index (χ3n) is 3.43. The van der Waals surface area contributed by atoms with E-state index in [9.17, 15) is 9.59 Å². The van der Waals surface area contributed by atoms with Crippen LogP contribution in [0.25, 0.3) is 0 Å². The van der Waals surface area contributed by atoms with Crippen molar-refractivity contribution in [3.63, 3.8) is 0 Å². The fourth-order valence-electron chi connectivity index (χ4n) is 2.38. The van der Waals surface area contributed by atoms with E-state index in [-0.39, 0.29) is 17.9 Å². The largest absolute Gasteiger partial charge is 0.456 e. The van der Waals surface area contributed by atoms with Crippen LogP contribution in [0.4, 0.5) is 5.69 Å². The summed E-state index contributed by atoms with van der Waals surface area (Å²) in [6, 6.07) is 4.85. The van der Waals surface area contributed by atoms with Crippen molar-refractivity contribution < 1.29 is 9.21 Å². The number of carbonyl (C=O) groups excluding carboxylic acids is 1. The van der Waals surface area contributed by atoms with Crippen LogP contribution in [-0.4, -0.2) is 29.2 Å². The fourth-order valence-corrected chi connectivity index (χ4v) is 2.38. The Morgan fingerprint density at radius 2 is 2.10 bits per heavy atom. The normalized spacial score (nSPS) is 14.7. The zero-order chi connectivity index (χ0) is 13.9. The zero-order valence-corrected chi connectivity index (χ0v) is 11.0. The molecule has 0 saturated carbocycles. The molecule has 20 heavy (non-hydrogen) atoms. The molecule has 0 amide bonds. The first-order valence-electron chi connectivity index (χ1n) is 6.62. The topological polar surface area (TPSA) is 68.3 Å². The highest BCUT2D eigenvalue weighted by molar-refractivity contribution is 5.70. The lowest BCUT2D eigenvalue weighted by atomic mass is 10.4. The molecule has 2 aromatic heterocycles. The van der Waals surface area contributed by atoms with E-state index in [1.807, 2.05) is 0 Å². The number of hydrogen-bond acceptors (Lipinski definition) is 5. The van der Waals surface area contributed by atoms with Crippen molar-refractivity contribution in [2.45, 2.75) is 19.4 Å². The first-order chi connectivity index (χ1) is 9.76. The zero-order valence-electron chi connectivity index (χ0n) is 11.0. The summed E-state index contributed by atoms with van der Waals surface area (Å²) >= 11 is 0. The summed E-state index contributed by atoms with van der Waals surface area (Å²) in [6.07, 6.45) is 4.65. The highest BCUT2D eigenvalue weighted by Crippen LogP contribution is 2.17. The Hall–Kier alpha value is -2.37. The predicted molar refractivity (Wildman–Crippen MR) is 73.1 cm³/mol. The van der Waals surface area contributed by atoms with Crippen LogP contribution < -0.4 is 10.5 Å². The highest BCUT2D eigenvalue weighted by atomic mass is 16.3. The van der Waals surface area contributed by atoms with Crippen LogP contribution in [0.1, 0.15) is 29.2 Å². The lowest BCUT2D eigenvalue weighted by Gasteiger charge is -2.16. The van der Waals surface area contributed by atoms with E-state index in [2.05, 4.69) is 10.00 Å². The van der Waals surface area contributed by atoms with Gasteiger partial charge in [0.05, 0.1) is 11.9 Å². The maximum Gasteiger partial charge on any atom is 0.269 e. The van der Waals surface area contributed by atoms with E-state index in [0.29, 0.717) is 12.0 Å². The second-order valence-electron chi connectivity index (χ2n) is 4.83. The molecule has 6 heteroatoms. The van der Waals surface area contributed by atoms with Gasteiger partial charge >= 0.3 is 0 Å². The van der Waals surface area contributed by atoms with Crippen LogP contribution in [0.5, 0.6) is 0 Å². The van der Waals surface area contributed by atoms with Crippen molar-refractivity contribution in [2.75, 3.05) is 18.0 Å². The standard InChI is InChI=1S/C14H15N3O3/c18-10-13-4-3-12(20-13)9-17-14(19)7-11(8-15-17)16-5-1-2-6-16/h3-4,7-8,10H,1-2,5-6,9H2. The van der Waals surface area contributed by atoms with Gasteiger partial charge in [0.25, 0.3) is 5.56 Å². The van der Waals surface area contributed by atoms with E-state index < -0.39 is 0 Å². The van der Waals surface area contributed by atoms with E-state index in [1.54, 1.807) is 24.4 Å². The third kappa shape index (κ3) is 2.49. The molecule has 0 N–H and O–H groups in total. The Morgan fingerprint density at radius 1 is 1.30 bits per heavy atom. The van der Waals surface area contributed by atoms with Gasteiger partial charge in [-0.25, -0.2) is 4.68 Å². The molecule has 1 saturated heterocycles. The second kappa shape index (κ2) is 5.32. The summed E-state index contributed by atoms with van der Waals surface area (Å²) in [4.78, 5) is 24.8. The van der Waals surface area contributed by atoms with E-state index in [1.165, 1.54) is 4.68 Å². The summed E-state index contributed by atoms with van der Waals surface area (Å²) in [6.45, 7) is 2.19. The van der Waals surface area contributed by atoms with Gasteiger partial charge in [-0.15, -0.1) is 0 Å². The van der Waals surface area contributed by atoms with E-state index in [0.717, 1.165) is 31.6 Å². The van der Waals surface area contributed by atoms with Crippen molar-refractivity contribution >= 4 is 12.0 Å². The molecule has 0 aliphatic carbocycles. The van der Waals surface area contributed by atoms with Gasteiger partial charge in [-0.1, -0.05) is 0 Å². The average Bonchev–Trinajstić information content (AvgIpc) is 3.12. The highest BCUT2D eigenvalue weighted by Gasteiger charge is 2.14. The van der Waals surface area contributed by atoms with Gasteiger partial charge in [0, 0.05) is 19.2 Å². The van der Waals surface area contributed by atoms with Gasteiger partial charge in [0.1, 0.15) is 12.3 Å². The van der Waals surface area contributed by atoms with Gasteiger partial charge in [-0.3, -0.25) is 9.59 Å². The molecule has 1 aliphatic heterocycles. The van der Waals surface area contributed by atoms with Crippen LogP contribution in [0.15, 0.2) is 33.6 Å². The lowest BCUT2D eigenvalue weighted by molar-refractivity contribution is 0.109. The molecular weight excluding hydrogens is 258 g/mol. The summed E-state index contributed by atoms with van der Waals surface area (Å²) in [5, 5.41) is 4.17. The minimum atomic E-state index is -0.168. The number of hydrogen-bond donors (Lipinski definition) is 0. The van der Waals surface area contributed by atoms with E-state index >= 15 is 0 Å². The van der Waals surface area contributed by atoms with Crippen LogP contribution >= 0.6 is 0 Å². The molecule has 3 heterocycles. The first kappa shape index (κ1) is 12.7. The van der Waals surface area contributed by atoms with Crippen molar-refractivity contribution in [3.05, 3.63) is 46.3 Å². The maximum absolute atomic E-state index is 12.0. The fraction of sp³-hybridized carbons (Fsp3) is 0.357. The molecule has 0 bridgehead atoms. The number of nitrogens with zero attached hydrogens (tertiary/aromatic N) is 3. The second-order valence-corrected chi connectivity index (χ2v) is 4.83. The number of furan rings is 1. The van der Waals surface area contributed by atoms with E-state index in [4.69, 9.17) is 4.42 Å². The molecule has 1 fully saturated rings. The molecule has 0 radical (unpaired) electrons. The Bertz CT molecular complexity index is 668. The van der Waals surface area contributed by atoms with Gasteiger partial charge < -0.3 is 9.32 Å². The molecule has 6 nitrogen and oxygen atoms in total. The summed E-state index contributed by atoms with van der Waals surface area (Å²) < 4.78 is 6.57. The Morgan fingerprint density at radius 3 is 2.75 bits per heavy atom. The molecule has 0 spiro atoms. The molecule has 2 aromatic rings. The summed E-state index contributed by atoms with van der Waals surface area (Å²) in [5.41, 5.74) is 0.704. The van der Waals surface area contributed by atoms with Gasteiger partial charge in [-0.05, 0) is 25.0 Å². The molecule has 0 aromatic carbocycles. The number of carbonyl (C=O) groups is 1. The van der Waals surface area contributed by atoms with Crippen LogP contribution in [0, 0.1) is 0 Å². The number of anilines is 1. The van der Waals surface area contributed by atoms with Crippen LogP contribution in [0.2, 0.25) is 0 Å². The average molecular weight is 273 g/mol. The Kier molecular flexibility index (Phi) is 3.37. The molecule has 104 valence electrons. The SMILES string of the molecule is O=Cc1ccc(Cn2ncc(N3CCCC3)cc2=O)o1. The van der Waals surface area contributed by atoms with Crippen molar-refractivity contribution in [1.82, 2.24) is 9.78 Å². The molecule has 0 unspecified atom stereocenters. The molecule has 3 rings (SSSR count). The Balaban J connectivity index is 1.80. The minimum Gasteiger partial charge on any atom is -0.456 e. The van der Waals surface area contributed by atoms with Gasteiger partial charge in [0.2, 0.25) is 0 Å². The molecular formula is C14H15N3O3. The Labute approximate surface area is 115 Å². The lowest BCUT2D eigenvalue weighted by Crippen LogP contribution is -2.26. The summed E-state index contributed by atoms with van der Waals surface area (Å²) in [7, 11) is 0. The number of aromatic nitrogens is 2. The predicted octanol–water partition coefficient (Wildman–Crippen LogP) is 1.30. The smallest absolute Gasteiger partial charge is 0.269 e. The summed E-state index contributed by atoms with van der Waals surface area (Å²) in [5.74, 6) is 0.789. The third-order valence-corrected chi connectivity index (χ3v) is 3.43. The monoisotopic (exact) mass is 273 g/mol.